The summed E-state index contributed by atoms with van der Waals surface area (Å²) in [6.45, 7) is 0. The van der Waals surface area contributed by atoms with Crippen molar-refractivity contribution in [3.05, 3.63) is 42.3 Å². The lowest BCUT2D eigenvalue weighted by atomic mass is 10.1. The van der Waals surface area contributed by atoms with Gasteiger partial charge in [-0.15, -0.1) is 5.10 Å². The van der Waals surface area contributed by atoms with Gasteiger partial charge in [-0.2, -0.15) is 4.98 Å². The van der Waals surface area contributed by atoms with Gasteiger partial charge < -0.3 is 4.74 Å². The van der Waals surface area contributed by atoms with E-state index in [4.69, 9.17) is 4.74 Å². The maximum Gasteiger partial charge on any atom is 0.249 e. The number of hydrogen-bond donors (Lipinski definition) is 1. The van der Waals surface area contributed by atoms with Gasteiger partial charge in [-0.1, -0.05) is 12.1 Å². The number of halogens is 1. The molecule has 0 spiro atoms. The summed E-state index contributed by atoms with van der Waals surface area (Å²) in [6.07, 6.45) is 2.56. The SMILES string of the molecule is COc1c(F)cccc1-c1ccc2nc(NC(=O)CS(C)(=O)=O)nn2c1. The summed E-state index contributed by atoms with van der Waals surface area (Å²) in [5.74, 6) is -1.79. The number of benzene rings is 1. The number of amides is 1. The lowest BCUT2D eigenvalue weighted by Gasteiger charge is -2.09. The molecule has 1 aromatic carbocycles. The largest absolute Gasteiger partial charge is 0.493 e. The number of aromatic nitrogens is 3. The molecule has 0 radical (unpaired) electrons. The molecule has 2 aromatic heterocycles. The summed E-state index contributed by atoms with van der Waals surface area (Å²) in [5, 5.41) is 6.42. The van der Waals surface area contributed by atoms with E-state index >= 15 is 0 Å². The minimum absolute atomic E-state index is 0.0259. The molecule has 0 unspecified atom stereocenters. The Labute approximate surface area is 148 Å². The van der Waals surface area contributed by atoms with Crippen LogP contribution in [0.5, 0.6) is 5.75 Å². The summed E-state index contributed by atoms with van der Waals surface area (Å²) < 4.78 is 42.7. The minimum atomic E-state index is -3.45. The minimum Gasteiger partial charge on any atom is -0.493 e. The number of sulfone groups is 1. The maximum atomic E-state index is 13.9. The van der Waals surface area contributed by atoms with Gasteiger partial charge in [0, 0.05) is 23.6 Å². The molecule has 26 heavy (non-hydrogen) atoms. The average Bonchev–Trinajstić information content (AvgIpc) is 2.93. The van der Waals surface area contributed by atoms with Crippen molar-refractivity contribution >= 4 is 27.3 Å². The van der Waals surface area contributed by atoms with Crippen LogP contribution in [0, 0.1) is 5.82 Å². The van der Waals surface area contributed by atoms with Crippen molar-refractivity contribution in [2.45, 2.75) is 0 Å². The number of anilines is 1. The molecule has 3 aromatic rings. The molecule has 136 valence electrons. The van der Waals surface area contributed by atoms with Gasteiger partial charge in [0.1, 0.15) is 5.75 Å². The summed E-state index contributed by atoms with van der Waals surface area (Å²) in [6, 6.07) is 7.92. The number of hydrogen-bond acceptors (Lipinski definition) is 6. The molecule has 0 bridgehead atoms. The zero-order valence-electron chi connectivity index (χ0n) is 13.9. The number of nitrogens with zero attached hydrogens (tertiary/aromatic N) is 3. The molecule has 1 N–H and O–H groups in total. The van der Waals surface area contributed by atoms with Crippen LogP contribution in [0.4, 0.5) is 10.3 Å². The van der Waals surface area contributed by atoms with Crippen molar-refractivity contribution in [3.8, 4) is 16.9 Å². The van der Waals surface area contributed by atoms with E-state index in [-0.39, 0.29) is 11.7 Å². The van der Waals surface area contributed by atoms with Crippen LogP contribution >= 0.6 is 0 Å². The molecule has 3 rings (SSSR count). The molecule has 8 nitrogen and oxygen atoms in total. The third kappa shape index (κ3) is 3.80. The van der Waals surface area contributed by atoms with Crippen LogP contribution in [0.25, 0.3) is 16.8 Å². The number of para-hydroxylation sites is 1. The van der Waals surface area contributed by atoms with Gasteiger partial charge in [-0.3, -0.25) is 10.1 Å². The van der Waals surface area contributed by atoms with E-state index < -0.39 is 27.3 Å². The van der Waals surface area contributed by atoms with Crippen molar-refractivity contribution in [1.29, 1.82) is 0 Å². The van der Waals surface area contributed by atoms with Crippen LogP contribution in [0.1, 0.15) is 0 Å². The normalized spacial score (nSPS) is 11.5. The van der Waals surface area contributed by atoms with Crippen molar-refractivity contribution in [2.24, 2.45) is 0 Å². The quantitative estimate of drug-likeness (QED) is 0.722. The first-order chi connectivity index (χ1) is 12.3. The fraction of sp³-hybridized carbons (Fsp3) is 0.188. The number of fused-ring (bicyclic) bond motifs is 1. The third-order valence-corrected chi connectivity index (χ3v) is 4.24. The Morgan fingerprint density at radius 2 is 2.08 bits per heavy atom. The average molecular weight is 378 g/mol. The monoisotopic (exact) mass is 378 g/mol. The molecule has 0 aliphatic carbocycles. The summed E-state index contributed by atoms with van der Waals surface area (Å²) >= 11 is 0. The lowest BCUT2D eigenvalue weighted by molar-refractivity contribution is -0.113. The second-order valence-electron chi connectivity index (χ2n) is 5.59. The van der Waals surface area contributed by atoms with Crippen LogP contribution in [-0.4, -0.2) is 48.0 Å². The fourth-order valence-electron chi connectivity index (χ4n) is 2.44. The molecule has 0 saturated carbocycles. The molecular weight excluding hydrogens is 363 g/mol. The van der Waals surface area contributed by atoms with E-state index in [1.165, 1.54) is 17.7 Å². The first-order valence-electron chi connectivity index (χ1n) is 7.44. The highest BCUT2D eigenvalue weighted by Crippen LogP contribution is 2.32. The number of rotatable bonds is 5. The second-order valence-corrected chi connectivity index (χ2v) is 7.74. The van der Waals surface area contributed by atoms with Crippen molar-refractivity contribution in [3.63, 3.8) is 0 Å². The summed E-state index contributed by atoms with van der Waals surface area (Å²) in [7, 11) is -2.07. The molecule has 0 aliphatic rings. The molecule has 0 saturated heterocycles. The summed E-state index contributed by atoms with van der Waals surface area (Å²) in [4.78, 5) is 15.8. The number of ether oxygens (including phenoxy) is 1. The van der Waals surface area contributed by atoms with Gasteiger partial charge in [0.05, 0.1) is 7.11 Å². The van der Waals surface area contributed by atoms with Crippen molar-refractivity contribution in [1.82, 2.24) is 14.6 Å². The van der Waals surface area contributed by atoms with E-state index in [0.717, 1.165) is 6.26 Å². The Morgan fingerprint density at radius 1 is 1.31 bits per heavy atom. The molecule has 1 amide bonds. The first-order valence-corrected chi connectivity index (χ1v) is 9.50. The number of pyridine rings is 1. The Bertz CT molecular complexity index is 1090. The zero-order chi connectivity index (χ0) is 18.9. The van der Waals surface area contributed by atoms with Crippen LogP contribution in [0.15, 0.2) is 36.5 Å². The van der Waals surface area contributed by atoms with Crippen LogP contribution in [0.2, 0.25) is 0 Å². The van der Waals surface area contributed by atoms with Gasteiger partial charge in [-0.25, -0.2) is 17.3 Å². The van der Waals surface area contributed by atoms with Crippen LogP contribution in [-0.2, 0) is 14.6 Å². The number of carbonyl (C=O) groups is 1. The van der Waals surface area contributed by atoms with E-state index in [0.29, 0.717) is 16.8 Å². The van der Waals surface area contributed by atoms with Crippen LogP contribution < -0.4 is 10.1 Å². The Balaban J connectivity index is 1.93. The smallest absolute Gasteiger partial charge is 0.249 e. The second kappa shape index (κ2) is 6.71. The van der Waals surface area contributed by atoms with Crippen LogP contribution in [0.3, 0.4) is 0 Å². The predicted octanol–water partition coefficient (Wildman–Crippen LogP) is 1.53. The van der Waals surface area contributed by atoms with E-state index in [1.54, 1.807) is 30.5 Å². The highest BCUT2D eigenvalue weighted by molar-refractivity contribution is 7.91. The van der Waals surface area contributed by atoms with Crippen molar-refractivity contribution < 1.29 is 22.3 Å². The summed E-state index contributed by atoms with van der Waals surface area (Å²) in [5.41, 5.74) is 1.60. The lowest BCUT2D eigenvalue weighted by Crippen LogP contribution is -2.22. The molecular formula is C16H15FN4O4S. The Morgan fingerprint density at radius 3 is 2.77 bits per heavy atom. The standard InChI is InChI=1S/C16H15FN4O4S/c1-25-15-11(4-3-5-12(15)17)10-6-7-13-18-16(20-21(13)8-10)19-14(22)9-26(2,23)24/h3-8H,9H2,1-2H3,(H,19,20,22). The van der Waals surface area contributed by atoms with Gasteiger partial charge in [0.25, 0.3) is 0 Å². The number of nitrogens with one attached hydrogen (secondary N) is 1. The Hall–Kier alpha value is -3.01. The molecule has 0 fully saturated rings. The molecule has 0 aliphatic heterocycles. The highest BCUT2D eigenvalue weighted by Gasteiger charge is 2.15. The molecule has 10 heteroatoms. The predicted molar refractivity (Wildman–Crippen MR) is 93.3 cm³/mol. The van der Waals surface area contributed by atoms with Gasteiger partial charge in [0.2, 0.25) is 11.9 Å². The first kappa shape index (κ1) is 17.8. The van der Waals surface area contributed by atoms with Gasteiger partial charge in [-0.05, 0) is 18.2 Å². The van der Waals surface area contributed by atoms with Crippen molar-refractivity contribution in [2.75, 3.05) is 24.4 Å². The fourth-order valence-corrected chi connectivity index (χ4v) is 2.99. The number of methoxy groups -OCH3 is 1. The topological polar surface area (TPSA) is 103 Å². The van der Waals surface area contributed by atoms with E-state index in [9.17, 15) is 17.6 Å². The van der Waals surface area contributed by atoms with E-state index in [1.807, 2.05) is 0 Å². The zero-order valence-corrected chi connectivity index (χ0v) is 14.7. The Kier molecular flexibility index (Phi) is 4.60. The molecule has 0 atom stereocenters. The van der Waals surface area contributed by atoms with E-state index in [2.05, 4.69) is 15.4 Å². The maximum absolute atomic E-state index is 13.9. The number of carbonyl (C=O) groups excluding carboxylic acids is 1. The highest BCUT2D eigenvalue weighted by atomic mass is 32.2. The molecule has 2 heterocycles. The van der Waals surface area contributed by atoms with Gasteiger partial charge in [0.15, 0.2) is 27.1 Å². The third-order valence-electron chi connectivity index (χ3n) is 3.46. The van der Waals surface area contributed by atoms with Gasteiger partial charge >= 0.3 is 0 Å².